The molecule has 4 heteroatoms. The molecule has 0 aliphatic heterocycles. The van der Waals surface area contributed by atoms with Gasteiger partial charge in [-0.3, -0.25) is 5.26 Å². The summed E-state index contributed by atoms with van der Waals surface area (Å²) in [7, 11) is 0. The highest BCUT2D eigenvalue weighted by Gasteiger charge is 2.64. The molecule has 1 aromatic carbocycles. The number of hydrogen-bond donors (Lipinski definition) is 3. The van der Waals surface area contributed by atoms with Gasteiger partial charge in [-0.2, -0.15) is 0 Å². The molecule has 0 radical (unpaired) electrons. The Balaban J connectivity index is 1.37. The van der Waals surface area contributed by atoms with Gasteiger partial charge in [0.1, 0.15) is 6.10 Å². The molecule has 1 aromatic rings. The van der Waals surface area contributed by atoms with Gasteiger partial charge in [0.2, 0.25) is 0 Å². The Labute approximate surface area is 239 Å². The lowest BCUT2D eigenvalue weighted by atomic mass is 9.39. The van der Waals surface area contributed by atoms with Crippen LogP contribution in [0.5, 0.6) is 0 Å². The van der Waals surface area contributed by atoms with Crippen molar-refractivity contribution in [2.75, 3.05) is 11.5 Å². The van der Waals surface area contributed by atoms with Crippen LogP contribution in [-0.4, -0.2) is 5.26 Å². The van der Waals surface area contributed by atoms with Crippen LogP contribution < -0.4 is 11.5 Å². The summed E-state index contributed by atoms with van der Waals surface area (Å²) in [5, 5.41) is 10.2. The van der Waals surface area contributed by atoms with Crippen molar-refractivity contribution in [1.82, 2.24) is 0 Å². The van der Waals surface area contributed by atoms with Gasteiger partial charge in [0.25, 0.3) is 0 Å². The number of anilines is 2. The third-order valence-corrected chi connectivity index (χ3v) is 13.5. The molecule has 4 fully saturated rings. The van der Waals surface area contributed by atoms with Gasteiger partial charge in [-0.15, -0.1) is 0 Å². The average molecular weight is 539 g/mol. The Hall–Kier alpha value is -1.26. The third-order valence-electron chi connectivity index (χ3n) is 13.5. The summed E-state index contributed by atoms with van der Waals surface area (Å²) < 4.78 is 0. The van der Waals surface area contributed by atoms with Gasteiger partial charge in [-0.25, -0.2) is 4.89 Å². The smallest absolute Gasteiger partial charge is 0.121 e. The first-order chi connectivity index (χ1) is 18.3. The number of nitrogen functional groups attached to an aromatic ring is 2. The summed E-state index contributed by atoms with van der Waals surface area (Å²) in [4.78, 5) is 5.27. The lowest BCUT2D eigenvalue weighted by molar-refractivity contribution is -0.312. The van der Waals surface area contributed by atoms with Crippen LogP contribution in [0.25, 0.3) is 0 Å². The summed E-state index contributed by atoms with van der Waals surface area (Å²) in [6.45, 7) is 17.6. The zero-order valence-corrected chi connectivity index (χ0v) is 26.0. The van der Waals surface area contributed by atoms with Crippen LogP contribution in [0.4, 0.5) is 11.4 Å². The number of rotatable bonds is 7. The van der Waals surface area contributed by atoms with Crippen molar-refractivity contribution in [3.05, 3.63) is 23.8 Å². The van der Waals surface area contributed by atoms with Crippen LogP contribution >= 0.6 is 0 Å². The predicted molar refractivity (Wildman–Crippen MR) is 163 cm³/mol. The third kappa shape index (κ3) is 4.84. The number of hydrogen-bond acceptors (Lipinski definition) is 4. The molecule has 10 unspecified atom stereocenters. The second-order valence-corrected chi connectivity index (χ2v) is 16.1. The van der Waals surface area contributed by atoms with Gasteiger partial charge < -0.3 is 11.5 Å². The topological polar surface area (TPSA) is 81.5 Å². The van der Waals surface area contributed by atoms with E-state index in [9.17, 15) is 5.26 Å². The van der Waals surface area contributed by atoms with Crippen molar-refractivity contribution in [2.45, 2.75) is 119 Å². The van der Waals surface area contributed by atoms with Gasteiger partial charge >= 0.3 is 0 Å². The van der Waals surface area contributed by atoms with Gasteiger partial charge in [-0.1, -0.05) is 61.3 Å². The molecular weight excluding hydrogens is 480 g/mol. The van der Waals surface area contributed by atoms with Crippen LogP contribution in [0, 0.1) is 63.6 Å². The quantitative estimate of drug-likeness (QED) is 0.183. The zero-order chi connectivity index (χ0) is 28.3. The summed E-state index contributed by atoms with van der Waals surface area (Å²) in [5.41, 5.74) is 15.4. The Morgan fingerprint density at radius 2 is 1.44 bits per heavy atom. The number of nitrogens with two attached hydrogens (primary N) is 2. The molecule has 4 aliphatic carbocycles. The first-order valence-corrected chi connectivity index (χ1v) is 16.3. The van der Waals surface area contributed by atoms with E-state index in [0.717, 1.165) is 47.5 Å². The Bertz CT molecular complexity index is 1000. The molecule has 5 rings (SSSR count). The van der Waals surface area contributed by atoms with E-state index in [1.54, 1.807) is 6.07 Å². The standard InChI is InChI=1S/C35H58N2O2/c1-21(2)8-9-22(3)27-11-12-28-26-10-13-31-33(4,5)30(32(39-38)23-18-24(36)20-25(37)19-23)15-17-35(31,7)29(26)14-16-34(27,28)6/h18-22,26-32,38H,8-17,36-37H2,1-7H3. The SMILES string of the molecule is CC(C)CCC(C)C1CCC2C3CCC4C(C)(C)C(C(OO)c5cc(N)cc(N)c5)CCC4(C)C3CCC12C. The van der Waals surface area contributed by atoms with E-state index < -0.39 is 6.10 Å². The highest BCUT2D eigenvalue weighted by molar-refractivity contribution is 5.55. The fraction of sp³-hybridized carbons (Fsp3) is 0.829. The molecule has 0 heterocycles. The largest absolute Gasteiger partial charge is 0.399 e. The molecule has 10 atom stereocenters. The van der Waals surface area contributed by atoms with Crippen molar-refractivity contribution in [2.24, 2.45) is 63.6 Å². The first kappa shape index (κ1) is 29.2. The monoisotopic (exact) mass is 538 g/mol. The molecule has 5 N–H and O–H groups in total. The van der Waals surface area contributed by atoms with Crippen molar-refractivity contribution in [3.8, 4) is 0 Å². The molecule has 39 heavy (non-hydrogen) atoms. The fourth-order valence-corrected chi connectivity index (χ4v) is 11.7. The fourth-order valence-electron chi connectivity index (χ4n) is 11.7. The molecule has 4 aliphatic rings. The number of fused-ring (bicyclic) bond motifs is 5. The molecule has 0 bridgehead atoms. The molecule has 0 spiro atoms. The van der Waals surface area contributed by atoms with Crippen LogP contribution in [0.15, 0.2) is 18.2 Å². The van der Waals surface area contributed by atoms with E-state index in [1.807, 2.05) is 12.1 Å². The minimum absolute atomic E-state index is 0.0506. The van der Waals surface area contributed by atoms with Gasteiger partial charge in [0.15, 0.2) is 0 Å². The summed E-state index contributed by atoms with van der Waals surface area (Å²) in [5.74, 6) is 6.07. The van der Waals surface area contributed by atoms with Crippen molar-refractivity contribution < 1.29 is 10.1 Å². The van der Waals surface area contributed by atoms with Crippen molar-refractivity contribution in [1.29, 1.82) is 0 Å². The van der Waals surface area contributed by atoms with Crippen molar-refractivity contribution >= 4 is 11.4 Å². The van der Waals surface area contributed by atoms with Crippen molar-refractivity contribution in [3.63, 3.8) is 0 Å². The molecule has 0 saturated heterocycles. The average Bonchev–Trinajstić information content (AvgIpc) is 3.21. The summed E-state index contributed by atoms with van der Waals surface area (Å²) in [6.07, 6.45) is 13.1. The highest BCUT2D eigenvalue weighted by atomic mass is 17.1. The maximum Gasteiger partial charge on any atom is 0.121 e. The minimum Gasteiger partial charge on any atom is -0.399 e. The van der Waals surface area contributed by atoms with E-state index in [0.29, 0.717) is 28.1 Å². The Kier molecular flexibility index (Phi) is 7.90. The van der Waals surface area contributed by atoms with E-state index in [4.69, 9.17) is 16.4 Å². The number of benzene rings is 1. The van der Waals surface area contributed by atoms with Crippen LogP contribution in [0.2, 0.25) is 0 Å². The normalized spacial score (nSPS) is 40.9. The predicted octanol–water partition coefficient (Wildman–Crippen LogP) is 9.37. The zero-order valence-electron chi connectivity index (χ0n) is 26.0. The second kappa shape index (κ2) is 10.5. The van der Waals surface area contributed by atoms with Gasteiger partial charge in [-0.05, 0) is 139 Å². The first-order valence-electron chi connectivity index (χ1n) is 16.3. The lowest BCUT2D eigenvalue weighted by Gasteiger charge is -2.66. The van der Waals surface area contributed by atoms with E-state index >= 15 is 0 Å². The second-order valence-electron chi connectivity index (χ2n) is 16.1. The van der Waals surface area contributed by atoms with Gasteiger partial charge in [0, 0.05) is 11.4 Å². The maximum absolute atomic E-state index is 10.2. The van der Waals surface area contributed by atoms with Crippen LogP contribution in [-0.2, 0) is 4.89 Å². The Morgan fingerprint density at radius 3 is 2.08 bits per heavy atom. The van der Waals surface area contributed by atoms with E-state index in [1.165, 1.54) is 57.8 Å². The maximum atomic E-state index is 10.2. The Morgan fingerprint density at radius 1 is 0.795 bits per heavy atom. The van der Waals surface area contributed by atoms with E-state index in [-0.39, 0.29) is 11.3 Å². The van der Waals surface area contributed by atoms with Gasteiger partial charge in [0.05, 0.1) is 0 Å². The van der Waals surface area contributed by atoms with Crippen LogP contribution in [0.3, 0.4) is 0 Å². The molecule has 4 nitrogen and oxygen atoms in total. The molecular formula is C35H58N2O2. The lowest BCUT2D eigenvalue weighted by Crippen LogP contribution is -2.58. The molecule has 0 aromatic heterocycles. The summed E-state index contributed by atoms with van der Waals surface area (Å²) in [6, 6.07) is 5.63. The highest BCUT2D eigenvalue weighted by Crippen LogP contribution is 2.71. The molecule has 4 saturated carbocycles. The molecule has 220 valence electrons. The van der Waals surface area contributed by atoms with Crippen LogP contribution in [0.1, 0.15) is 124 Å². The van der Waals surface area contributed by atoms with E-state index in [2.05, 4.69) is 48.5 Å². The summed E-state index contributed by atoms with van der Waals surface area (Å²) >= 11 is 0. The minimum atomic E-state index is -0.398. The molecule has 0 amide bonds.